The molecule has 0 aliphatic rings. The van der Waals surface area contributed by atoms with Gasteiger partial charge in [-0.25, -0.2) is 0 Å². The lowest BCUT2D eigenvalue weighted by molar-refractivity contribution is 0.789. The molecule has 1 nitrogen and oxygen atoms in total. The van der Waals surface area contributed by atoms with Gasteiger partial charge in [0.2, 0.25) is 0 Å². The molecule has 0 atom stereocenters. The Kier molecular flexibility index (Phi) is 3.81. The fourth-order valence-corrected chi connectivity index (χ4v) is 1.64. The molecule has 0 aliphatic carbocycles. The van der Waals surface area contributed by atoms with Crippen molar-refractivity contribution in [3.8, 4) is 0 Å². The van der Waals surface area contributed by atoms with Crippen LogP contribution in [0.15, 0.2) is 18.2 Å². The molecule has 1 aromatic carbocycles. The van der Waals surface area contributed by atoms with Gasteiger partial charge in [0.1, 0.15) is 0 Å². The smallest absolute Gasteiger partial charge is 0.0349 e. The number of rotatable bonds is 4. The topological polar surface area (TPSA) is 26.0 Å². The van der Waals surface area contributed by atoms with Crippen LogP contribution in [-0.2, 0) is 12.8 Å². The first-order chi connectivity index (χ1) is 6.29. The van der Waals surface area contributed by atoms with E-state index < -0.39 is 0 Å². The number of aryl methyl sites for hydroxylation is 1. The van der Waals surface area contributed by atoms with Crippen molar-refractivity contribution in [1.82, 2.24) is 0 Å². The van der Waals surface area contributed by atoms with Gasteiger partial charge in [0, 0.05) is 5.69 Å². The monoisotopic (exact) mass is 177 g/mol. The van der Waals surface area contributed by atoms with E-state index in [1.165, 1.54) is 24.0 Å². The van der Waals surface area contributed by atoms with Crippen LogP contribution in [0.5, 0.6) is 0 Å². The molecular weight excluding hydrogens is 158 g/mol. The molecule has 0 saturated carbocycles. The number of anilines is 1. The van der Waals surface area contributed by atoms with Gasteiger partial charge in [-0.3, -0.25) is 0 Å². The first kappa shape index (κ1) is 10.1. The van der Waals surface area contributed by atoms with E-state index in [1.54, 1.807) is 0 Å². The summed E-state index contributed by atoms with van der Waals surface area (Å²) in [6.45, 7) is 4.40. The van der Waals surface area contributed by atoms with Crippen LogP contribution in [-0.4, -0.2) is 0 Å². The third-order valence-corrected chi connectivity index (χ3v) is 2.47. The average Bonchev–Trinajstić information content (AvgIpc) is 2.15. The third kappa shape index (κ3) is 2.48. The molecule has 0 saturated heterocycles. The predicted molar refractivity (Wildman–Crippen MR) is 58.8 cm³/mol. The molecule has 0 heterocycles. The molecule has 0 unspecified atom stereocenters. The Hall–Kier alpha value is -0.980. The standard InChI is InChI=1S/C12H19N/c1-3-5-8-11-10(4-2)7-6-9-12(11)13/h6-7,9H,3-5,8,13H2,1-2H3. The lowest BCUT2D eigenvalue weighted by Crippen LogP contribution is -1.99. The van der Waals surface area contributed by atoms with Gasteiger partial charge in [-0.15, -0.1) is 0 Å². The third-order valence-electron chi connectivity index (χ3n) is 2.47. The van der Waals surface area contributed by atoms with Crippen molar-refractivity contribution < 1.29 is 0 Å². The summed E-state index contributed by atoms with van der Waals surface area (Å²) in [6, 6.07) is 6.23. The fourth-order valence-electron chi connectivity index (χ4n) is 1.64. The van der Waals surface area contributed by atoms with Crippen molar-refractivity contribution in [2.24, 2.45) is 0 Å². The molecule has 0 amide bonds. The zero-order chi connectivity index (χ0) is 9.68. The van der Waals surface area contributed by atoms with Crippen LogP contribution >= 0.6 is 0 Å². The van der Waals surface area contributed by atoms with Gasteiger partial charge in [0.15, 0.2) is 0 Å². The SMILES string of the molecule is CCCCc1c(N)cccc1CC. The Bertz CT molecular complexity index is 266. The molecule has 0 spiro atoms. The highest BCUT2D eigenvalue weighted by Crippen LogP contribution is 2.19. The van der Waals surface area contributed by atoms with Crippen LogP contribution in [0.3, 0.4) is 0 Å². The number of hydrogen-bond acceptors (Lipinski definition) is 1. The second-order valence-corrected chi connectivity index (χ2v) is 3.44. The average molecular weight is 177 g/mol. The molecule has 1 heteroatoms. The first-order valence-corrected chi connectivity index (χ1v) is 5.15. The van der Waals surface area contributed by atoms with Crippen molar-refractivity contribution >= 4 is 5.69 Å². The minimum Gasteiger partial charge on any atom is -0.398 e. The molecular formula is C12H19N. The van der Waals surface area contributed by atoms with Crippen LogP contribution in [0.1, 0.15) is 37.8 Å². The van der Waals surface area contributed by atoms with E-state index in [9.17, 15) is 0 Å². The molecule has 13 heavy (non-hydrogen) atoms. The predicted octanol–water partition coefficient (Wildman–Crippen LogP) is 3.17. The van der Waals surface area contributed by atoms with E-state index in [-0.39, 0.29) is 0 Å². The summed E-state index contributed by atoms with van der Waals surface area (Å²) >= 11 is 0. The summed E-state index contributed by atoms with van der Waals surface area (Å²) in [5, 5.41) is 0. The minimum absolute atomic E-state index is 0.966. The van der Waals surface area contributed by atoms with Crippen molar-refractivity contribution in [2.45, 2.75) is 39.5 Å². The Labute approximate surface area is 81.0 Å². The zero-order valence-electron chi connectivity index (χ0n) is 8.64. The Morgan fingerprint density at radius 1 is 1.23 bits per heavy atom. The van der Waals surface area contributed by atoms with Gasteiger partial charge < -0.3 is 5.73 Å². The van der Waals surface area contributed by atoms with Gasteiger partial charge >= 0.3 is 0 Å². The van der Waals surface area contributed by atoms with Crippen LogP contribution < -0.4 is 5.73 Å². The number of nitrogens with two attached hydrogens (primary N) is 1. The van der Waals surface area contributed by atoms with Crippen LogP contribution in [0.25, 0.3) is 0 Å². The molecule has 1 rings (SSSR count). The maximum absolute atomic E-state index is 5.94. The second kappa shape index (κ2) is 4.90. The number of nitrogen functional groups attached to an aromatic ring is 1. The Morgan fingerprint density at radius 2 is 2.00 bits per heavy atom. The molecule has 1 aromatic rings. The summed E-state index contributed by atoms with van der Waals surface area (Å²) in [5.41, 5.74) is 9.68. The molecule has 72 valence electrons. The number of benzene rings is 1. The van der Waals surface area contributed by atoms with Gasteiger partial charge in [-0.05, 0) is 36.5 Å². The number of hydrogen-bond donors (Lipinski definition) is 1. The Balaban J connectivity index is 2.87. The van der Waals surface area contributed by atoms with E-state index in [2.05, 4.69) is 19.9 Å². The van der Waals surface area contributed by atoms with Gasteiger partial charge in [0.05, 0.1) is 0 Å². The minimum atomic E-state index is 0.966. The van der Waals surface area contributed by atoms with Crippen LogP contribution in [0, 0.1) is 0 Å². The van der Waals surface area contributed by atoms with Gasteiger partial charge in [-0.2, -0.15) is 0 Å². The molecule has 0 bridgehead atoms. The van der Waals surface area contributed by atoms with E-state index in [1.807, 2.05) is 12.1 Å². The van der Waals surface area contributed by atoms with Crippen LogP contribution in [0.2, 0.25) is 0 Å². The van der Waals surface area contributed by atoms with E-state index in [4.69, 9.17) is 5.73 Å². The van der Waals surface area contributed by atoms with Crippen molar-refractivity contribution in [2.75, 3.05) is 5.73 Å². The lowest BCUT2D eigenvalue weighted by Gasteiger charge is -2.09. The molecule has 0 radical (unpaired) electrons. The molecule has 0 aromatic heterocycles. The summed E-state index contributed by atoms with van der Waals surface area (Å²) in [4.78, 5) is 0. The molecule has 0 fully saturated rings. The van der Waals surface area contributed by atoms with Gasteiger partial charge in [0.25, 0.3) is 0 Å². The first-order valence-electron chi connectivity index (χ1n) is 5.15. The van der Waals surface area contributed by atoms with Gasteiger partial charge in [-0.1, -0.05) is 32.4 Å². The molecule has 2 N–H and O–H groups in total. The summed E-state index contributed by atoms with van der Waals surface area (Å²) in [5.74, 6) is 0. The van der Waals surface area contributed by atoms with E-state index >= 15 is 0 Å². The largest absolute Gasteiger partial charge is 0.398 e. The van der Waals surface area contributed by atoms with Crippen LogP contribution in [0.4, 0.5) is 5.69 Å². The number of unbranched alkanes of at least 4 members (excludes halogenated alkanes) is 1. The van der Waals surface area contributed by atoms with E-state index in [0.717, 1.165) is 18.5 Å². The highest BCUT2D eigenvalue weighted by atomic mass is 14.6. The highest BCUT2D eigenvalue weighted by Gasteiger charge is 2.03. The maximum atomic E-state index is 5.94. The van der Waals surface area contributed by atoms with E-state index in [0.29, 0.717) is 0 Å². The van der Waals surface area contributed by atoms with Crippen molar-refractivity contribution in [3.63, 3.8) is 0 Å². The zero-order valence-corrected chi connectivity index (χ0v) is 8.64. The summed E-state index contributed by atoms with van der Waals surface area (Å²) < 4.78 is 0. The summed E-state index contributed by atoms with van der Waals surface area (Å²) in [6.07, 6.45) is 4.69. The molecule has 0 aliphatic heterocycles. The maximum Gasteiger partial charge on any atom is 0.0349 e. The lowest BCUT2D eigenvalue weighted by atomic mass is 9.98. The van der Waals surface area contributed by atoms with Crippen molar-refractivity contribution in [3.05, 3.63) is 29.3 Å². The van der Waals surface area contributed by atoms with Crippen molar-refractivity contribution in [1.29, 1.82) is 0 Å². The quantitative estimate of drug-likeness (QED) is 0.702. The highest BCUT2D eigenvalue weighted by molar-refractivity contribution is 5.51. The summed E-state index contributed by atoms with van der Waals surface area (Å²) in [7, 11) is 0. The fraction of sp³-hybridized carbons (Fsp3) is 0.500. The normalized spacial score (nSPS) is 10.3. The Morgan fingerprint density at radius 3 is 2.62 bits per heavy atom. The second-order valence-electron chi connectivity index (χ2n) is 3.44.